The largest absolute Gasteiger partial charge is 0.484 e. The second kappa shape index (κ2) is 4.67. The summed E-state index contributed by atoms with van der Waals surface area (Å²) >= 11 is 0. The average Bonchev–Trinajstić information content (AvgIpc) is 2.13. The van der Waals surface area contributed by atoms with Crippen LogP contribution in [0.15, 0.2) is 32.9 Å². The Morgan fingerprint density at radius 1 is 1.06 bits per heavy atom. The van der Waals surface area contributed by atoms with Crippen molar-refractivity contribution in [3.8, 4) is 0 Å². The molecule has 1 aromatic carbocycles. The Morgan fingerprint density at radius 2 is 1.50 bits per heavy atom. The highest BCUT2D eigenvalue weighted by Gasteiger charge is 2.46. The number of nitrogens with zero attached hydrogens (tertiary/aromatic N) is 1. The van der Waals surface area contributed by atoms with Crippen molar-refractivity contribution in [1.29, 1.82) is 0 Å². The third kappa shape index (κ3) is 3.33. The Labute approximate surface area is 104 Å². The zero-order chi connectivity index (χ0) is 14.2. The third-order valence-corrected chi connectivity index (χ3v) is 5.24. The number of hydrogen-bond acceptors (Lipinski definition) is 3. The molecule has 0 aliphatic heterocycles. The van der Waals surface area contributed by atoms with E-state index in [1.165, 1.54) is 0 Å². The number of alkyl halides is 3. The van der Waals surface area contributed by atoms with E-state index in [1.807, 2.05) is 0 Å². The molecular weight excluding hydrogens is 322 g/mol. The van der Waals surface area contributed by atoms with Gasteiger partial charge in [-0.05, 0) is 24.3 Å². The van der Waals surface area contributed by atoms with Crippen molar-refractivity contribution in [2.75, 3.05) is 0 Å². The Hall–Kier alpha value is -0.870. The van der Waals surface area contributed by atoms with Crippen molar-refractivity contribution in [2.24, 2.45) is 3.77 Å². The average molecular weight is 326 g/mol. The van der Waals surface area contributed by atoms with Gasteiger partial charge in [-0.15, -0.1) is 0 Å². The van der Waals surface area contributed by atoms with Crippen LogP contribution >= 0.6 is 10.7 Å². The van der Waals surface area contributed by atoms with Gasteiger partial charge in [0.25, 0.3) is 0 Å². The summed E-state index contributed by atoms with van der Waals surface area (Å²) in [7, 11) is -5.78. The molecule has 11 heteroatoms. The molecule has 0 aliphatic carbocycles. The van der Waals surface area contributed by atoms with E-state index in [9.17, 15) is 30.2 Å². The van der Waals surface area contributed by atoms with Crippen LogP contribution < -0.4 is 0 Å². The molecule has 0 aliphatic rings. The highest BCUT2D eigenvalue weighted by atomic mass is 35.7. The first-order valence-electron chi connectivity index (χ1n) is 4.00. The van der Waals surface area contributed by atoms with E-state index in [0.717, 1.165) is 0 Å². The molecule has 0 N–H and O–H groups in total. The van der Waals surface area contributed by atoms with Crippen molar-refractivity contribution in [2.45, 2.75) is 10.4 Å². The molecule has 0 amide bonds. The first-order chi connectivity index (χ1) is 7.96. The summed E-state index contributed by atoms with van der Waals surface area (Å²) < 4.78 is 85.4. The molecule has 0 bridgehead atoms. The van der Waals surface area contributed by atoms with Gasteiger partial charge < -0.3 is 0 Å². The van der Waals surface area contributed by atoms with Gasteiger partial charge in [-0.3, -0.25) is 0 Å². The van der Waals surface area contributed by atoms with Crippen LogP contribution in [-0.2, 0) is 19.0 Å². The fraction of sp³-hybridized carbons (Fsp3) is 0.143. The molecule has 0 saturated heterocycles. The highest BCUT2D eigenvalue weighted by Crippen LogP contribution is 2.34. The van der Waals surface area contributed by atoms with Gasteiger partial charge in [0.15, 0.2) is 9.73 Å². The SMILES string of the molecule is O=S(=O)(Cl)N=S(=O)(c1ccc(F)cc1)C(F)(F)F. The van der Waals surface area contributed by atoms with E-state index in [4.69, 9.17) is 0 Å². The monoisotopic (exact) mass is 325 g/mol. The van der Waals surface area contributed by atoms with Crippen molar-refractivity contribution in [3.63, 3.8) is 0 Å². The van der Waals surface area contributed by atoms with Crippen LogP contribution in [0.3, 0.4) is 0 Å². The van der Waals surface area contributed by atoms with Gasteiger partial charge in [0.05, 0.1) is 4.90 Å². The minimum Gasteiger partial charge on any atom is -0.235 e. The fourth-order valence-electron chi connectivity index (χ4n) is 0.963. The number of benzene rings is 1. The van der Waals surface area contributed by atoms with Gasteiger partial charge in [-0.2, -0.15) is 21.6 Å². The Balaban J connectivity index is 3.66. The first kappa shape index (κ1) is 15.2. The van der Waals surface area contributed by atoms with Gasteiger partial charge in [-0.1, -0.05) is 3.77 Å². The molecule has 0 fully saturated rings. The molecule has 1 rings (SSSR count). The molecule has 18 heavy (non-hydrogen) atoms. The molecular formula is C7H4ClF4NO3S2. The molecule has 1 unspecified atom stereocenters. The van der Waals surface area contributed by atoms with Crippen LogP contribution in [0.25, 0.3) is 0 Å². The molecule has 1 aromatic rings. The standard InChI is InChI=1S/C7H4ClF4NO3S2/c8-18(15,16)13-17(14,7(10,11)12)6-3-1-5(9)2-4-6/h1-4H. The summed E-state index contributed by atoms with van der Waals surface area (Å²) in [6, 6.07) is 2.24. The fourth-order valence-corrected chi connectivity index (χ4v) is 4.14. The van der Waals surface area contributed by atoms with Crippen LogP contribution in [0, 0.1) is 5.82 Å². The number of halogens is 5. The summed E-state index contributed by atoms with van der Waals surface area (Å²) in [4.78, 5) is -0.999. The lowest BCUT2D eigenvalue weighted by atomic mass is 10.4. The zero-order valence-electron chi connectivity index (χ0n) is 8.19. The van der Waals surface area contributed by atoms with Crippen LogP contribution in [0.1, 0.15) is 0 Å². The lowest BCUT2D eigenvalue weighted by Gasteiger charge is -2.12. The van der Waals surface area contributed by atoms with Crippen LogP contribution in [0.2, 0.25) is 0 Å². The zero-order valence-corrected chi connectivity index (χ0v) is 10.6. The van der Waals surface area contributed by atoms with Gasteiger partial charge in [-0.25, -0.2) is 8.60 Å². The summed E-state index contributed by atoms with van der Waals surface area (Å²) in [6.45, 7) is 0. The summed E-state index contributed by atoms with van der Waals surface area (Å²) in [6.07, 6.45) is 0. The summed E-state index contributed by atoms with van der Waals surface area (Å²) in [5.41, 5.74) is -5.47. The lowest BCUT2D eigenvalue weighted by molar-refractivity contribution is -0.0401. The predicted molar refractivity (Wildman–Crippen MR) is 56.1 cm³/mol. The Morgan fingerprint density at radius 3 is 1.83 bits per heavy atom. The number of rotatable bonds is 2. The van der Waals surface area contributed by atoms with E-state index in [0.29, 0.717) is 24.3 Å². The van der Waals surface area contributed by atoms with Crippen molar-refractivity contribution in [1.82, 2.24) is 0 Å². The van der Waals surface area contributed by atoms with Crippen LogP contribution in [0.4, 0.5) is 17.6 Å². The Bertz CT molecular complexity index is 659. The van der Waals surface area contributed by atoms with Gasteiger partial charge in [0.2, 0.25) is 0 Å². The van der Waals surface area contributed by atoms with Crippen molar-refractivity contribution < 1.29 is 30.2 Å². The first-order valence-corrected chi connectivity index (χ1v) is 7.79. The van der Waals surface area contributed by atoms with Crippen LogP contribution in [-0.4, -0.2) is 18.1 Å². The predicted octanol–water partition coefficient (Wildman–Crippen LogP) is 2.66. The maximum absolute atomic E-state index is 12.6. The second-order valence-corrected chi connectivity index (χ2v) is 7.49. The Kier molecular flexibility index (Phi) is 3.94. The highest BCUT2D eigenvalue weighted by molar-refractivity contribution is 8.17. The van der Waals surface area contributed by atoms with Crippen molar-refractivity contribution >= 4 is 29.6 Å². The molecule has 1 atom stereocenters. The lowest BCUT2D eigenvalue weighted by Crippen LogP contribution is -2.24. The van der Waals surface area contributed by atoms with Gasteiger partial charge in [0, 0.05) is 10.7 Å². The smallest absolute Gasteiger partial charge is 0.235 e. The molecule has 4 nitrogen and oxygen atoms in total. The molecule has 0 radical (unpaired) electrons. The quantitative estimate of drug-likeness (QED) is 0.620. The minimum absolute atomic E-state index is 0.525. The molecule has 102 valence electrons. The molecule has 0 saturated carbocycles. The maximum Gasteiger partial charge on any atom is 0.484 e. The minimum atomic E-state index is -5.47. The topological polar surface area (TPSA) is 63.6 Å². The van der Waals surface area contributed by atoms with E-state index in [1.54, 1.807) is 0 Å². The van der Waals surface area contributed by atoms with E-state index in [-0.39, 0.29) is 0 Å². The maximum atomic E-state index is 12.6. The van der Waals surface area contributed by atoms with Gasteiger partial charge >= 0.3 is 14.7 Å². The van der Waals surface area contributed by atoms with E-state index >= 15 is 0 Å². The van der Waals surface area contributed by atoms with Crippen LogP contribution in [0.5, 0.6) is 0 Å². The molecule has 0 aromatic heterocycles. The van der Waals surface area contributed by atoms with Crippen molar-refractivity contribution in [3.05, 3.63) is 30.1 Å². The van der Waals surface area contributed by atoms with E-state index in [2.05, 4.69) is 14.5 Å². The normalized spacial score (nSPS) is 16.1. The summed E-state index contributed by atoms with van der Waals surface area (Å²) in [5, 5.41) is 0. The van der Waals surface area contributed by atoms with E-state index < -0.39 is 35.2 Å². The van der Waals surface area contributed by atoms with Gasteiger partial charge in [0.1, 0.15) is 5.82 Å². The molecule has 0 heterocycles. The summed E-state index contributed by atoms with van der Waals surface area (Å²) in [5.74, 6) is -0.878. The third-order valence-electron chi connectivity index (χ3n) is 1.64. The number of hydrogen-bond donors (Lipinski definition) is 0. The second-order valence-electron chi connectivity index (χ2n) is 2.91. The molecule has 0 spiro atoms.